The highest BCUT2D eigenvalue weighted by Crippen LogP contribution is 2.37. The van der Waals surface area contributed by atoms with E-state index in [4.69, 9.17) is 19.2 Å². The summed E-state index contributed by atoms with van der Waals surface area (Å²) >= 11 is 0. The van der Waals surface area contributed by atoms with E-state index in [1.807, 2.05) is 71.1 Å². The van der Waals surface area contributed by atoms with Crippen LogP contribution in [-0.2, 0) is 21.7 Å². The Morgan fingerprint density at radius 1 is 0.900 bits per heavy atom. The highest BCUT2D eigenvalue weighted by molar-refractivity contribution is 5.85. The Labute approximate surface area is 230 Å². The van der Waals surface area contributed by atoms with Crippen LogP contribution in [0.25, 0.3) is 39.0 Å². The van der Waals surface area contributed by atoms with Crippen molar-refractivity contribution in [1.29, 1.82) is 0 Å². The molecule has 4 heterocycles. The first-order valence-electron chi connectivity index (χ1n) is 13.3. The molecule has 3 aromatic carbocycles. The van der Waals surface area contributed by atoms with Crippen LogP contribution in [0, 0.1) is 5.82 Å². The number of methoxy groups -OCH3 is 1. The molecule has 3 aromatic heterocycles. The molecule has 0 bridgehead atoms. The van der Waals surface area contributed by atoms with Crippen molar-refractivity contribution in [1.82, 2.24) is 19.6 Å². The summed E-state index contributed by atoms with van der Waals surface area (Å²) in [5, 5.41) is 10.9. The van der Waals surface area contributed by atoms with Gasteiger partial charge in [0.15, 0.2) is 11.5 Å². The van der Waals surface area contributed by atoms with Crippen molar-refractivity contribution in [2.75, 3.05) is 20.3 Å². The molecule has 1 aliphatic heterocycles. The molecule has 0 N–H and O–H groups in total. The summed E-state index contributed by atoms with van der Waals surface area (Å²) in [4.78, 5) is 4.82. The van der Waals surface area contributed by atoms with Gasteiger partial charge >= 0.3 is 0 Å². The van der Waals surface area contributed by atoms with Crippen LogP contribution >= 0.6 is 0 Å². The number of hydrogen-bond donors (Lipinski definition) is 0. The van der Waals surface area contributed by atoms with Crippen LogP contribution in [-0.4, -0.2) is 39.9 Å². The first-order valence-corrected chi connectivity index (χ1v) is 13.3. The number of aromatic nitrogens is 4. The summed E-state index contributed by atoms with van der Waals surface area (Å²) < 4.78 is 34.1. The van der Waals surface area contributed by atoms with Gasteiger partial charge in [-0.05, 0) is 65.0 Å². The fraction of sp³-hybridized carbons (Fsp3) is 0.219. The molecule has 1 fully saturated rings. The number of nitrogens with zero attached hydrogens (tertiary/aromatic N) is 4. The minimum Gasteiger partial charge on any atom is -0.489 e. The van der Waals surface area contributed by atoms with E-state index >= 15 is 0 Å². The standard InChI is InChI=1S/C32H27FN4O3/c1-38-32(12-14-39-15-13-32)24-17-25(33)19-26(18-24)40-20-21-6-10-29-23(16-21)8-11-30-35-36-31(37(29)30)28-9-7-22-4-2-3-5-27(22)34-28/h2-11,16-19H,12-15,20H2,1H3. The number of rotatable bonds is 6. The van der Waals surface area contributed by atoms with Crippen molar-refractivity contribution in [2.24, 2.45) is 0 Å². The fourth-order valence-electron chi connectivity index (χ4n) is 5.58. The second-order valence-electron chi connectivity index (χ2n) is 10.1. The summed E-state index contributed by atoms with van der Waals surface area (Å²) in [7, 11) is 1.67. The van der Waals surface area contributed by atoms with Crippen LogP contribution in [0.3, 0.4) is 0 Å². The molecule has 0 radical (unpaired) electrons. The Hall–Kier alpha value is -4.40. The summed E-state index contributed by atoms with van der Waals surface area (Å²) in [6, 6.07) is 26.9. The fourth-order valence-corrected chi connectivity index (χ4v) is 5.58. The third kappa shape index (κ3) is 4.35. The molecule has 0 aliphatic carbocycles. The van der Waals surface area contributed by atoms with E-state index in [1.165, 1.54) is 12.1 Å². The SMILES string of the molecule is COC1(c2cc(F)cc(OCc3ccc4c(ccc5nnc(-c6ccc7ccccc7n6)n54)c3)c2)CCOCC1. The molecule has 0 amide bonds. The van der Waals surface area contributed by atoms with Gasteiger partial charge in [-0.15, -0.1) is 10.2 Å². The van der Waals surface area contributed by atoms with Crippen LogP contribution in [0.5, 0.6) is 5.75 Å². The minimum absolute atomic E-state index is 0.293. The molecule has 6 aromatic rings. The Balaban J connectivity index is 1.19. The number of halogens is 1. The van der Waals surface area contributed by atoms with Crippen molar-refractivity contribution in [3.63, 3.8) is 0 Å². The number of benzene rings is 3. The molecule has 200 valence electrons. The summed E-state index contributed by atoms with van der Waals surface area (Å²) in [6.07, 6.45) is 1.34. The predicted octanol–water partition coefficient (Wildman–Crippen LogP) is 6.47. The lowest BCUT2D eigenvalue weighted by molar-refractivity contribution is -0.0950. The first-order chi connectivity index (χ1) is 19.6. The van der Waals surface area contributed by atoms with Gasteiger partial charge in [0.05, 0.1) is 16.6 Å². The Bertz CT molecular complexity index is 1860. The number of pyridine rings is 2. The molecule has 0 unspecified atom stereocenters. The smallest absolute Gasteiger partial charge is 0.187 e. The van der Waals surface area contributed by atoms with E-state index in [-0.39, 0.29) is 5.82 Å². The second kappa shape index (κ2) is 9.97. The van der Waals surface area contributed by atoms with Crippen molar-refractivity contribution in [2.45, 2.75) is 25.0 Å². The highest BCUT2D eigenvalue weighted by Gasteiger charge is 2.35. The quantitative estimate of drug-likeness (QED) is 0.244. The molecule has 7 nitrogen and oxygen atoms in total. The van der Waals surface area contributed by atoms with E-state index in [9.17, 15) is 4.39 Å². The first kappa shape index (κ1) is 24.6. The number of para-hydroxylation sites is 1. The largest absolute Gasteiger partial charge is 0.489 e. The molecule has 0 saturated carbocycles. The van der Waals surface area contributed by atoms with E-state index in [0.717, 1.165) is 44.3 Å². The number of fused-ring (bicyclic) bond motifs is 4. The zero-order chi connectivity index (χ0) is 27.1. The van der Waals surface area contributed by atoms with Gasteiger partial charge in [-0.25, -0.2) is 9.37 Å². The van der Waals surface area contributed by atoms with Crippen LogP contribution in [0.1, 0.15) is 24.0 Å². The maximum atomic E-state index is 14.6. The number of ether oxygens (including phenoxy) is 3. The molecular weight excluding hydrogens is 507 g/mol. The van der Waals surface area contributed by atoms with Gasteiger partial charge in [0.1, 0.15) is 23.9 Å². The molecule has 0 atom stereocenters. The van der Waals surface area contributed by atoms with Crippen molar-refractivity contribution < 1.29 is 18.6 Å². The second-order valence-corrected chi connectivity index (χ2v) is 10.1. The molecule has 40 heavy (non-hydrogen) atoms. The van der Waals surface area contributed by atoms with Crippen molar-refractivity contribution >= 4 is 27.5 Å². The van der Waals surface area contributed by atoms with Gasteiger partial charge in [-0.2, -0.15) is 0 Å². The van der Waals surface area contributed by atoms with Gasteiger partial charge in [0.25, 0.3) is 0 Å². The Kier molecular flexibility index (Phi) is 6.14. The van der Waals surface area contributed by atoms with Crippen LogP contribution < -0.4 is 4.74 Å². The third-order valence-electron chi connectivity index (χ3n) is 7.75. The molecule has 0 spiro atoms. The minimum atomic E-state index is -0.566. The normalized spacial score (nSPS) is 15.2. The van der Waals surface area contributed by atoms with Gasteiger partial charge in [-0.3, -0.25) is 4.40 Å². The van der Waals surface area contributed by atoms with Gasteiger partial charge in [-0.1, -0.05) is 30.3 Å². The Morgan fingerprint density at radius 3 is 2.62 bits per heavy atom. The average molecular weight is 535 g/mol. The van der Waals surface area contributed by atoms with Crippen molar-refractivity contribution in [3.8, 4) is 17.3 Å². The summed E-state index contributed by atoms with van der Waals surface area (Å²) in [5.74, 6) is 0.804. The summed E-state index contributed by atoms with van der Waals surface area (Å²) in [5.41, 5.74) is 4.54. The lowest BCUT2D eigenvalue weighted by atomic mass is 9.86. The van der Waals surface area contributed by atoms with Crippen molar-refractivity contribution in [3.05, 3.63) is 102 Å². The lowest BCUT2D eigenvalue weighted by Crippen LogP contribution is -2.35. The average Bonchev–Trinajstić information content (AvgIpc) is 3.44. The summed E-state index contributed by atoms with van der Waals surface area (Å²) in [6.45, 7) is 1.45. The van der Waals surface area contributed by atoms with Crippen LogP contribution in [0.4, 0.5) is 4.39 Å². The molecular formula is C32H27FN4O3. The molecule has 1 saturated heterocycles. The van der Waals surface area contributed by atoms with Crippen LogP contribution in [0.15, 0.2) is 84.9 Å². The van der Waals surface area contributed by atoms with E-state index in [0.29, 0.717) is 44.2 Å². The zero-order valence-corrected chi connectivity index (χ0v) is 22.0. The maximum Gasteiger partial charge on any atom is 0.187 e. The zero-order valence-electron chi connectivity index (χ0n) is 22.0. The number of hydrogen-bond acceptors (Lipinski definition) is 6. The lowest BCUT2D eigenvalue weighted by Gasteiger charge is -2.36. The predicted molar refractivity (Wildman–Crippen MR) is 151 cm³/mol. The van der Waals surface area contributed by atoms with E-state index < -0.39 is 5.60 Å². The third-order valence-corrected chi connectivity index (χ3v) is 7.75. The molecule has 1 aliphatic rings. The van der Waals surface area contributed by atoms with E-state index in [1.54, 1.807) is 7.11 Å². The highest BCUT2D eigenvalue weighted by atomic mass is 19.1. The Morgan fingerprint density at radius 2 is 1.75 bits per heavy atom. The molecule has 7 rings (SSSR count). The monoisotopic (exact) mass is 534 g/mol. The topological polar surface area (TPSA) is 70.8 Å². The maximum absolute atomic E-state index is 14.6. The van der Waals surface area contributed by atoms with Gasteiger partial charge in [0, 0.05) is 44.6 Å². The van der Waals surface area contributed by atoms with Gasteiger partial charge in [0.2, 0.25) is 0 Å². The molecule has 8 heteroatoms. The van der Waals surface area contributed by atoms with Crippen LogP contribution in [0.2, 0.25) is 0 Å². The van der Waals surface area contributed by atoms with E-state index in [2.05, 4.69) is 16.3 Å². The van der Waals surface area contributed by atoms with Gasteiger partial charge < -0.3 is 14.2 Å².